The number of amidine groups is 3. The van der Waals surface area contributed by atoms with Gasteiger partial charge in [0.1, 0.15) is 12.4 Å². The zero-order chi connectivity index (χ0) is 22.1. The average molecular weight is 446 g/mol. The zero-order valence-electron chi connectivity index (χ0n) is 17.7. The van der Waals surface area contributed by atoms with Crippen LogP contribution >= 0.6 is 11.8 Å². The summed E-state index contributed by atoms with van der Waals surface area (Å²) >= 11 is 1.36. The summed E-state index contributed by atoms with van der Waals surface area (Å²) in [5, 5.41) is 15.8. The number of ether oxygens (including phenoxy) is 1. The number of benzene rings is 2. The van der Waals surface area contributed by atoms with Gasteiger partial charge in [-0.3, -0.25) is 10.2 Å². The number of fused-ring (bicyclic) bond motifs is 1. The number of thioether (sulfide) groups is 1. The summed E-state index contributed by atoms with van der Waals surface area (Å²) in [7, 11) is 0. The van der Waals surface area contributed by atoms with E-state index in [9.17, 15) is 4.79 Å². The predicted molar refractivity (Wildman–Crippen MR) is 128 cm³/mol. The second-order valence-electron chi connectivity index (χ2n) is 7.94. The zero-order valence-corrected chi connectivity index (χ0v) is 18.6. The van der Waals surface area contributed by atoms with Crippen LogP contribution < -0.4 is 4.74 Å². The summed E-state index contributed by atoms with van der Waals surface area (Å²) in [6, 6.07) is 15.7. The molecule has 162 valence electrons. The number of nitrogens with zero attached hydrogens (tertiary/aromatic N) is 4. The summed E-state index contributed by atoms with van der Waals surface area (Å²) in [6.45, 7) is 4.46. The highest BCUT2D eigenvalue weighted by atomic mass is 32.2. The van der Waals surface area contributed by atoms with Crippen LogP contribution in [0.3, 0.4) is 0 Å². The van der Waals surface area contributed by atoms with Gasteiger partial charge < -0.3 is 9.64 Å². The van der Waals surface area contributed by atoms with Gasteiger partial charge in [0.05, 0.1) is 5.57 Å². The summed E-state index contributed by atoms with van der Waals surface area (Å²) in [4.78, 5) is 19.0. The summed E-state index contributed by atoms with van der Waals surface area (Å²) in [5.41, 5.74) is 3.35. The summed E-state index contributed by atoms with van der Waals surface area (Å²) in [6.07, 6.45) is 3.96. The lowest BCUT2D eigenvalue weighted by atomic mass is 10.1. The third kappa shape index (κ3) is 4.18. The molecule has 5 rings (SSSR count). The van der Waals surface area contributed by atoms with Gasteiger partial charge in [0.25, 0.3) is 5.91 Å². The van der Waals surface area contributed by atoms with Crippen molar-refractivity contribution >= 4 is 39.9 Å². The Hall–Kier alpha value is -3.39. The van der Waals surface area contributed by atoms with Crippen molar-refractivity contribution in [2.45, 2.75) is 26.4 Å². The van der Waals surface area contributed by atoms with Crippen molar-refractivity contribution in [3.63, 3.8) is 0 Å². The van der Waals surface area contributed by atoms with E-state index in [1.165, 1.54) is 22.3 Å². The molecule has 0 radical (unpaired) electrons. The van der Waals surface area contributed by atoms with Gasteiger partial charge >= 0.3 is 0 Å². The fourth-order valence-electron chi connectivity index (χ4n) is 3.81. The molecule has 0 atom stereocenters. The molecular weight excluding hydrogens is 422 g/mol. The molecule has 2 aromatic rings. The fraction of sp³-hybridized carbons (Fsp3) is 0.250. The van der Waals surface area contributed by atoms with Crippen LogP contribution in [0.1, 0.15) is 29.5 Å². The first-order valence-corrected chi connectivity index (χ1v) is 11.4. The Labute approximate surface area is 191 Å². The number of hydrazone groups is 1. The van der Waals surface area contributed by atoms with Crippen molar-refractivity contribution in [2.75, 3.05) is 13.1 Å². The van der Waals surface area contributed by atoms with E-state index in [-0.39, 0.29) is 11.4 Å². The molecule has 1 N–H and O–H groups in total. The molecule has 1 fully saturated rings. The van der Waals surface area contributed by atoms with E-state index in [2.05, 4.69) is 34.1 Å². The number of hydrogen-bond donors (Lipinski definition) is 1. The lowest BCUT2D eigenvalue weighted by molar-refractivity contribution is -0.114. The van der Waals surface area contributed by atoms with E-state index in [1.807, 2.05) is 36.4 Å². The number of carbonyl (C=O) groups is 1. The van der Waals surface area contributed by atoms with Gasteiger partial charge in [-0.25, -0.2) is 0 Å². The monoisotopic (exact) mass is 445 g/mol. The average Bonchev–Trinajstić information content (AvgIpc) is 3.46. The van der Waals surface area contributed by atoms with E-state index in [0.717, 1.165) is 48.0 Å². The van der Waals surface area contributed by atoms with Gasteiger partial charge in [0.2, 0.25) is 5.17 Å². The topological polar surface area (TPSA) is 81.3 Å². The molecule has 0 aliphatic carbocycles. The van der Waals surface area contributed by atoms with Crippen LogP contribution in [0, 0.1) is 12.3 Å². The Morgan fingerprint density at radius 1 is 1.12 bits per heavy atom. The first-order valence-electron chi connectivity index (χ1n) is 10.6. The number of carbonyl (C=O) groups excluding carboxylic acids is 1. The molecule has 1 amide bonds. The van der Waals surface area contributed by atoms with E-state index >= 15 is 0 Å². The van der Waals surface area contributed by atoms with Gasteiger partial charge in [-0.05, 0) is 60.9 Å². The molecule has 0 bridgehead atoms. The third-order valence-corrected chi connectivity index (χ3v) is 6.47. The van der Waals surface area contributed by atoms with Crippen LogP contribution in [-0.2, 0) is 11.4 Å². The molecule has 7 nitrogen and oxygen atoms in total. The standard InChI is InChI=1S/C24H23N5O2S/c1-16-5-4-6-18(13-16)15-31-19-9-7-17(8-10-19)14-20-21(25)29-23(26-22(20)30)32-24(27-29)28-11-2-3-12-28/h4-10,13-14,25H,2-3,11-12,15H2,1H3/b20-14-,25-21?. The second-order valence-corrected chi connectivity index (χ2v) is 8.88. The van der Waals surface area contributed by atoms with Gasteiger partial charge in [0, 0.05) is 13.1 Å². The quantitative estimate of drug-likeness (QED) is 0.712. The highest BCUT2D eigenvalue weighted by molar-refractivity contribution is 8.26. The largest absolute Gasteiger partial charge is 0.489 e. The Morgan fingerprint density at radius 2 is 1.91 bits per heavy atom. The number of rotatable bonds is 4. The Balaban J connectivity index is 1.29. The van der Waals surface area contributed by atoms with E-state index < -0.39 is 5.91 Å². The molecule has 1 saturated heterocycles. The second kappa shape index (κ2) is 8.63. The lowest BCUT2D eigenvalue weighted by Crippen LogP contribution is -2.35. The van der Waals surface area contributed by atoms with Crippen molar-refractivity contribution < 1.29 is 9.53 Å². The SMILES string of the molecule is Cc1cccc(COc2ccc(/C=C3/C(=N)N4N=C(N5CCCC5)SC4=NC3=O)cc2)c1. The highest BCUT2D eigenvalue weighted by Crippen LogP contribution is 2.31. The smallest absolute Gasteiger partial charge is 0.283 e. The molecule has 8 heteroatoms. The van der Waals surface area contributed by atoms with Crippen molar-refractivity contribution in [3.05, 3.63) is 70.8 Å². The van der Waals surface area contributed by atoms with Crippen LogP contribution in [-0.4, -0.2) is 45.1 Å². The molecule has 32 heavy (non-hydrogen) atoms. The van der Waals surface area contributed by atoms with Gasteiger partial charge in [-0.2, -0.15) is 10.0 Å². The predicted octanol–water partition coefficient (Wildman–Crippen LogP) is 4.25. The van der Waals surface area contributed by atoms with E-state index in [1.54, 1.807) is 6.08 Å². The summed E-state index contributed by atoms with van der Waals surface area (Å²) < 4.78 is 5.87. The van der Waals surface area contributed by atoms with Crippen LogP contribution in [0.2, 0.25) is 0 Å². The van der Waals surface area contributed by atoms with Crippen molar-refractivity contribution in [3.8, 4) is 5.75 Å². The van der Waals surface area contributed by atoms with Gasteiger partial charge in [-0.15, -0.1) is 5.10 Å². The minimum Gasteiger partial charge on any atom is -0.489 e. The normalized spacial score (nSPS) is 19.3. The van der Waals surface area contributed by atoms with Crippen molar-refractivity contribution in [2.24, 2.45) is 10.1 Å². The van der Waals surface area contributed by atoms with Crippen molar-refractivity contribution in [1.82, 2.24) is 9.91 Å². The number of nitrogens with one attached hydrogen (secondary N) is 1. The highest BCUT2D eigenvalue weighted by Gasteiger charge is 2.37. The molecule has 0 unspecified atom stereocenters. The Kier molecular flexibility index (Phi) is 5.53. The maximum atomic E-state index is 12.6. The van der Waals surface area contributed by atoms with Crippen LogP contribution in [0.15, 0.2) is 64.2 Å². The first kappa shape index (κ1) is 20.5. The number of amides is 1. The third-order valence-electron chi connectivity index (χ3n) is 5.50. The summed E-state index contributed by atoms with van der Waals surface area (Å²) in [5.74, 6) is 0.391. The van der Waals surface area contributed by atoms with Gasteiger partial charge in [-0.1, -0.05) is 42.0 Å². The van der Waals surface area contributed by atoms with Crippen molar-refractivity contribution in [1.29, 1.82) is 5.41 Å². The van der Waals surface area contributed by atoms with Gasteiger partial charge in [0.15, 0.2) is 11.0 Å². The molecule has 0 saturated carbocycles. The van der Waals surface area contributed by atoms with E-state index in [0.29, 0.717) is 11.8 Å². The maximum absolute atomic E-state index is 12.6. The lowest BCUT2D eigenvalue weighted by Gasteiger charge is -2.20. The number of aryl methyl sites for hydroxylation is 1. The fourth-order valence-corrected chi connectivity index (χ4v) is 4.76. The minimum atomic E-state index is -0.411. The Morgan fingerprint density at radius 3 is 2.66 bits per heavy atom. The van der Waals surface area contributed by atoms with E-state index in [4.69, 9.17) is 10.1 Å². The molecule has 0 spiro atoms. The Bertz CT molecular complexity index is 1160. The van der Waals surface area contributed by atoms with Crippen LogP contribution in [0.5, 0.6) is 5.75 Å². The molecule has 3 aliphatic heterocycles. The molecule has 0 aromatic heterocycles. The van der Waals surface area contributed by atoms with Crippen LogP contribution in [0.25, 0.3) is 6.08 Å². The maximum Gasteiger partial charge on any atom is 0.283 e. The number of hydrogen-bond acceptors (Lipinski definition) is 6. The number of likely N-dealkylation sites (tertiary alicyclic amines) is 1. The molecule has 3 aliphatic rings. The molecule has 2 aromatic carbocycles. The minimum absolute atomic E-state index is 0.0569. The van der Waals surface area contributed by atoms with Crippen LogP contribution in [0.4, 0.5) is 0 Å². The molecular formula is C24H23N5O2S. The molecule has 3 heterocycles. The first-order chi connectivity index (χ1) is 15.6. The number of aliphatic imine (C=N–C) groups is 1.